The second kappa shape index (κ2) is 8.91. The van der Waals surface area contributed by atoms with Gasteiger partial charge in [0, 0.05) is 43.6 Å². The van der Waals surface area contributed by atoms with Crippen LogP contribution in [0.1, 0.15) is 22.8 Å². The lowest BCUT2D eigenvalue weighted by Gasteiger charge is -2.34. The molecular weight excluding hydrogens is 335 g/mol. The van der Waals surface area contributed by atoms with Crippen LogP contribution in [0.5, 0.6) is 0 Å². The van der Waals surface area contributed by atoms with Gasteiger partial charge in [0.1, 0.15) is 0 Å². The Labute approximate surface area is 148 Å². The second-order valence-electron chi connectivity index (χ2n) is 5.45. The fraction of sp³-hybridized carbons (Fsp3) is 0.375. The molecule has 1 saturated heterocycles. The highest BCUT2D eigenvalue weighted by Crippen LogP contribution is 2.12. The first kappa shape index (κ1) is 19.5. The third-order valence-electron chi connectivity index (χ3n) is 3.87. The lowest BCUT2D eigenvalue weighted by molar-refractivity contribution is 0.0656. The summed E-state index contributed by atoms with van der Waals surface area (Å²) >= 11 is 0. The molecule has 0 spiro atoms. The third-order valence-corrected chi connectivity index (χ3v) is 3.87. The number of piperazine rings is 1. The summed E-state index contributed by atoms with van der Waals surface area (Å²) in [6.07, 6.45) is 3.70. The number of rotatable bonds is 3. The van der Waals surface area contributed by atoms with Crippen molar-refractivity contribution in [2.24, 2.45) is 0 Å². The summed E-state index contributed by atoms with van der Waals surface area (Å²) in [6.45, 7) is 5.31. The van der Waals surface area contributed by atoms with Crippen molar-refractivity contribution in [1.29, 1.82) is 0 Å². The van der Waals surface area contributed by atoms with Gasteiger partial charge in [0.15, 0.2) is 0 Å². The second-order valence-corrected chi connectivity index (χ2v) is 5.45. The Kier molecular flexibility index (Phi) is 7.55. The number of nitrogens with zero attached hydrogens (tertiary/aromatic N) is 3. The number of amides is 1. The standard InChI is InChI=1S/C16H20N4O.2ClH/c1-13-11-17-8-10-20(13)16(21)15-5-3-14(4-6-15)12-19-9-2-7-18-19;;/h2-7,9,13,17H,8,10-12H2,1H3;2*1H/t13-;;/m0../s1. The van der Waals surface area contributed by atoms with Crippen LogP contribution < -0.4 is 5.32 Å². The van der Waals surface area contributed by atoms with Gasteiger partial charge in [0.2, 0.25) is 0 Å². The Morgan fingerprint density at radius 3 is 2.65 bits per heavy atom. The summed E-state index contributed by atoms with van der Waals surface area (Å²) in [5, 5.41) is 7.49. The maximum Gasteiger partial charge on any atom is 0.254 e. The molecule has 0 radical (unpaired) electrons. The molecular formula is C16H22Cl2N4O. The van der Waals surface area contributed by atoms with E-state index in [1.54, 1.807) is 6.20 Å². The fourth-order valence-electron chi connectivity index (χ4n) is 2.64. The number of aromatic nitrogens is 2. The predicted octanol–water partition coefficient (Wildman–Crippen LogP) is 2.21. The van der Waals surface area contributed by atoms with Crippen LogP contribution in [0.25, 0.3) is 0 Å². The van der Waals surface area contributed by atoms with Gasteiger partial charge in [0.25, 0.3) is 5.91 Å². The molecule has 1 aliphatic heterocycles. The predicted molar refractivity (Wildman–Crippen MR) is 95.6 cm³/mol. The van der Waals surface area contributed by atoms with Crippen LogP contribution >= 0.6 is 24.8 Å². The molecule has 1 amide bonds. The largest absolute Gasteiger partial charge is 0.333 e. The third kappa shape index (κ3) is 4.70. The molecule has 2 heterocycles. The van der Waals surface area contributed by atoms with Gasteiger partial charge in [0.05, 0.1) is 6.54 Å². The first-order valence-corrected chi connectivity index (χ1v) is 7.32. The number of hydrogen-bond donors (Lipinski definition) is 1. The molecule has 0 aliphatic carbocycles. The Hall–Kier alpha value is -1.56. The van der Waals surface area contributed by atoms with E-state index in [1.807, 2.05) is 46.1 Å². The number of halogens is 2. The number of nitrogens with one attached hydrogen (secondary N) is 1. The fourth-order valence-corrected chi connectivity index (χ4v) is 2.64. The van der Waals surface area contributed by atoms with Crippen molar-refractivity contribution in [2.75, 3.05) is 19.6 Å². The van der Waals surface area contributed by atoms with Gasteiger partial charge in [-0.1, -0.05) is 12.1 Å². The maximum absolute atomic E-state index is 12.5. The molecule has 3 rings (SSSR count). The van der Waals surface area contributed by atoms with Crippen LogP contribution in [0.4, 0.5) is 0 Å². The average molecular weight is 357 g/mol. The van der Waals surface area contributed by atoms with Crippen molar-refractivity contribution in [3.8, 4) is 0 Å². The molecule has 7 heteroatoms. The summed E-state index contributed by atoms with van der Waals surface area (Å²) in [7, 11) is 0. The van der Waals surface area contributed by atoms with Gasteiger partial charge in [-0.05, 0) is 30.7 Å². The first-order chi connectivity index (χ1) is 10.2. The minimum absolute atomic E-state index is 0. The highest BCUT2D eigenvalue weighted by Gasteiger charge is 2.23. The lowest BCUT2D eigenvalue weighted by atomic mass is 10.1. The lowest BCUT2D eigenvalue weighted by Crippen LogP contribution is -2.52. The molecule has 1 aliphatic rings. The van der Waals surface area contributed by atoms with E-state index in [0.29, 0.717) is 0 Å². The SMILES string of the molecule is C[C@H]1CNCCN1C(=O)c1ccc(Cn2cccn2)cc1.Cl.Cl. The monoisotopic (exact) mass is 356 g/mol. The molecule has 1 atom stereocenters. The molecule has 1 N–H and O–H groups in total. The van der Waals surface area contributed by atoms with Gasteiger partial charge in [-0.3, -0.25) is 9.48 Å². The van der Waals surface area contributed by atoms with Crippen molar-refractivity contribution < 1.29 is 4.79 Å². The van der Waals surface area contributed by atoms with Gasteiger partial charge >= 0.3 is 0 Å². The van der Waals surface area contributed by atoms with Crippen LogP contribution in [0.15, 0.2) is 42.7 Å². The normalized spacial score (nSPS) is 17.1. The zero-order chi connectivity index (χ0) is 14.7. The topological polar surface area (TPSA) is 50.2 Å². The molecule has 23 heavy (non-hydrogen) atoms. The summed E-state index contributed by atoms with van der Waals surface area (Å²) in [6, 6.07) is 9.98. The highest BCUT2D eigenvalue weighted by atomic mass is 35.5. The minimum Gasteiger partial charge on any atom is -0.333 e. The van der Waals surface area contributed by atoms with Crippen molar-refractivity contribution >= 4 is 30.7 Å². The van der Waals surface area contributed by atoms with Crippen molar-refractivity contribution in [2.45, 2.75) is 19.5 Å². The quantitative estimate of drug-likeness (QED) is 0.916. The Balaban J connectivity index is 0.00000132. The van der Waals surface area contributed by atoms with E-state index in [-0.39, 0.29) is 36.8 Å². The molecule has 0 saturated carbocycles. The smallest absolute Gasteiger partial charge is 0.254 e. The van der Waals surface area contributed by atoms with Gasteiger partial charge in [-0.25, -0.2) is 0 Å². The molecule has 5 nitrogen and oxygen atoms in total. The molecule has 0 bridgehead atoms. The Morgan fingerprint density at radius 2 is 2.04 bits per heavy atom. The summed E-state index contributed by atoms with van der Waals surface area (Å²) < 4.78 is 1.87. The van der Waals surface area contributed by atoms with Crippen LogP contribution in [0, 0.1) is 0 Å². The van der Waals surface area contributed by atoms with E-state index >= 15 is 0 Å². The highest BCUT2D eigenvalue weighted by molar-refractivity contribution is 5.94. The maximum atomic E-state index is 12.5. The molecule has 2 aromatic rings. The summed E-state index contributed by atoms with van der Waals surface area (Å²) in [5.74, 6) is 0.120. The number of benzene rings is 1. The van der Waals surface area contributed by atoms with E-state index < -0.39 is 0 Å². The van der Waals surface area contributed by atoms with Crippen LogP contribution in [0.3, 0.4) is 0 Å². The number of carbonyl (C=O) groups is 1. The molecule has 0 unspecified atom stereocenters. The Morgan fingerprint density at radius 1 is 1.30 bits per heavy atom. The van der Waals surface area contributed by atoms with E-state index in [1.165, 1.54) is 0 Å². The zero-order valence-corrected chi connectivity index (χ0v) is 14.6. The van der Waals surface area contributed by atoms with Crippen LogP contribution in [-0.2, 0) is 6.54 Å². The average Bonchev–Trinajstić information content (AvgIpc) is 3.01. The number of hydrogen-bond acceptors (Lipinski definition) is 3. The Bertz CT molecular complexity index is 601. The van der Waals surface area contributed by atoms with Crippen molar-refractivity contribution in [1.82, 2.24) is 20.0 Å². The van der Waals surface area contributed by atoms with E-state index in [0.717, 1.165) is 37.3 Å². The summed E-state index contributed by atoms with van der Waals surface area (Å²) in [4.78, 5) is 14.5. The van der Waals surface area contributed by atoms with Crippen molar-refractivity contribution in [3.05, 3.63) is 53.9 Å². The molecule has 1 aromatic heterocycles. The van der Waals surface area contributed by atoms with E-state index in [9.17, 15) is 4.79 Å². The zero-order valence-electron chi connectivity index (χ0n) is 13.0. The summed E-state index contributed by atoms with van der Waals surface area (Å²) in [5.41, 5.74) is 1.90. The van der Waals surface area contributed by atoms with Gasteiger partial charge in [-0.2, -0.15) is 5.10 Å². The molecule has 1 aromatic carbocycles. The first-order valence-electron chi connectivity index (χ1n) is 7.32. The van der Waals surface area contributed by atoms with Crippen LogP contribution in [0.2, 0.25) is 0 Å². The number of carbonyl (C=O) groups excluding carboxylic acids is 1. The van der Waals surface area contributed by atoms with Crippen molar-refractivity contribution in [3.63, 3.8) is 0 Å². The van der Waals surface area contributed by atoms with Gasteiger partial charge < -0.3 is 10.2 Å². The van der Waals surface area contributed by atoms with Crippen LogP contribution in [-0.4, -0.2) is 46.3 Å². The van der Waals surface area contributed by atoms with E-state index in [2.05, 4.69) is 17.3 Å². The molecule has 1 fully saturated rings. The molecule has 126 valence electrons. The van der Waals surface area contributed by atoms with E-state index in [4.69, 9.17) is 0 Å². The van der Waals surface area contributed by atoms with Gasteiger partial charge in [-0.15, -0.1) is 24.8 Å². The minimum atomic E-state index is 0.